The maximum absolute atomic E-state index is 12.9. The summed E-state index contributed by atoms with van der Waals surface area (Å²) in [4.78, 5) is 37.4. The molecule has 1 atom stereocenters. The lowest BCUT2D eigenvalue weighted by atomic mass is 10.0. The summed E-state index contributed by atoms with van der Waals surface area (Å²) in [5.74, 6) is -0.458. The molecule has 3 aromatic rings. The second-order valence-corrected chi connectivity index (χ2v) is 7.30. The first-order valence-corrected chi connectivity index (χ1v) is 9.76. The van der Waals surface area contributed by atoms with Crippen molar-refractivity contribution in [1.29, 1.82) is 0 Å². The fourth-order valence-electron chi connectivity index (χ4n) is 3.27. The van der Waals surface area contributed by atoms with Crippen LogP contribution >= 0.6 is 0 Å². The van der Waals surface area contributed by atoms with E-state index in [0.29, 0.717) is 22.4 Å². The van der Waals surface area contributed by atoms with Crippen LogP contribution in [0.3, 0.4) is 0 Å². The number of nitrogens with zero attached hydrogens (tertiary/aromatic N) is 2. The van der Waals surface area contributed by atoms with Crippen LogP contribution in [-0.4, -0.2) is 28.7 Å². The van der Waals surface area contributed by atoms with E-state index in [0.717, 1.165) is 5.56 Å². The Hall–Kier alpha value is -4.00. The molecule has 0 radical (unpaired) electrons. The molecule has 1 N–H and O–H groups in total. The third-order valence-corrected chi connectivity index (χ3v) is 5.20. The van der Waals surface area contributed by atoms with Crippen molar-refractivity contribution in [3.8, 4) is 0 Å². The fourth-order valence-corrected chi connectivity index (χ4v) is 3.27. The highest BCUT2D eigenvalue weighted by atomic mass is 16.6. The molecule has 3 rings (SSSR count). The van der Waals surface area contributed by atoms with Crippen molar-refractivity contribution in [3.05, 3.63) is 105 Å². The highest BCUT2D eigenvalue weighted by Gasteiger charge is 2.21. The number of hydrogen-bond acceptors (Lipinski definition) is 4. The Morgan fingerprint density at radius 3 is 2.32 bits per heavy atom. The number of carbonyl (C=O) groups is 2. The Kier molecular flexibility index (Phi) is 6.45. The van der Waals surface area contributed by atoms with Crippen molar-refractivity contribution in [1.82, 2.24) is 4.90 Å². The minimum Gasteiger partial charge on any atom is -0.335 e. The highest BCUT2D eigenvalue weighted by molar-refractivity contribution is 6.04. The minimum atomic E-state index is -0.467. The summed E-state index contributed by atoms with van der Waals surface area (Å²) < 4.78 is 0. The molecule has 0 fully saturated rings. The van der Waals surface area contributed by atoms with Crippen molar-refractivity contribution in [2.75, 3.05) is 12.4 Å². The van der Waals surface area contributed by atoms with Gasteiger partial charge in [-0.3, -0.25) is 19.7 Å². The van der Waals surface area contributed by atoms with Crippen LogP contribution in [0.5, 0.6) is 0 Å². The van der Waals surface area contributed by atoms with E-state index in [-0.39, 0.29) is 23.5 Å². The number of nitro benzene ring substituents is 1. The van der Waals surface area contributed by atoms with Crippen molar-refractivity contribution < 1.29 is 14.5 Å². The highest BCUT2D eigenvalue weighted by Crippen LogP contribution is 2.25. The van der Waals surface area contributed by atoms with Crippen molar-refractivity contribution in [2.24, 2.45) is 0 Å². The first-order chi connectivity index (χ1) is 14.8. The third kappa shape index (κ3) is 4.95. The van der Waals surface area contributed by atoms with E-state index in [1.54, 1.807) is 49.2 Å². The lowest BCUT2D eigenvalue weighted by molar-refractivity contribution is -0.385. The lowest BCUT2D eigenvalue weighted by Gasteiger charge is -2.26. The normalized spacial score (nSPS) is 11.5. The molecule has 7 nitrogen and oxygen atoms in total. The maximum Gasteiger partial charge on any atom is 0.272 e. The average Bonchev–Trinajstić information content (AvgIpc) is 2.78. The van der Waals surface area contributed by atoms with Crippen LogP contribution in [-0.2, 0) is 0 Å². The van der Waals surface area contributed by atoms with E-state index >= 15 is 0 Å². The molecular formula is C24H23N3O4. The van der Waals surface area contributed by atoms with Crippen LogP contribution in [0.15, 0.2) is 72.8 Å². The minimum absolute atomic E-state index is 0.0193. The Labute approximate surface area is 180 Å². The van der Waals surface area contributed by atoms with E-state index in [4.69, 9.17) is 0 Å². The van der Waals surface area contributed by atoms with Gasteiger partial charge in [0.1, 0.15) is 0 Å². The summed E-state index contributed by atoms with van der Waals surface area (Å²) in [5.41, 5.74) is 2.83. The van der Waals surface area contributed by atoms with Gasteiger partial charge in [-0.05, 0) is 55.8 Å². The second kappa shape index (κ2) is 9.21. The Bertz CT molecular complexity index is 1130. The van der Waals surface area contributed by atoms with Gasteiger partial charge in [-0.25, -0.2) is 0 Å². The topological polar surface area (TPSA) is 92.6 Å². The van der Waals surface area contributed by atoms with Gasteiger partial charge in [-0.2, -0.15) is 0 Å². The fraction of sp³-hybridized carbons (Fsp3) is 0.167. The molecule has 0 aliphatic heterocycles. The zero-order chi connectivity index (χ0) is 22.5. The number of nitrogens with one attached hydrogen (secondary N) is 1. The number of amides is 2. The zero-order valence-corrected chi connectivity index (χ0v) is 17.5. The SMILES string of the molecule is Cc1cc(C(=O)N(C)C(C)c2cccc(NC(=O)c3ccccc3)c2)ccc1[N+](=O)[O-]. The first-order valence-electron chi connectivity index (χ1n) is 9.76. The molecule has 0 saturated heterocycles. The van der Waals surface area contributed by atoms with Gasteiger partial charge in [0, 0.05) is 35.5 Å². The second-order valence-electron chi connectivity index (χ2n) is 7.30. The molecule has 158 valence electrons. The molecule has 2 amide bonds. The summed E-state index contributed by atoms with van der Waals surface area (Å²) in [6.45, 7) is 3.49. The summed E-state index contributed by atoms with van der Waals surface area (Å²) in [7, 11) is 1.68. The molecule has 0 spiro atoms. The van der Waals surface area contributed by atoms with E-state index in [9.17, 15) is 19.7 Å². The number of hydrogen-bond donors (Lipinski definition) is 1. The number of benzene rings is 3. The molecule has 0 aliphatic carbocycles. The Morgan fingerprint density at radius 2 is 1.68 bits per heavy atom. The van der Waals surface area contributed by atoms with Crippen LogP contribution in [0.1, 0.15) is 44.8 Å². The van der Waals surface area contributed by atoms with Gasteiger partial charge in [0.2, 0.25) is 0 Å². The van der Waals surface area contributed by atoms with Gasteiger partial charge in [0.05, 0.1) is 11.0 Å². The molecule has 1 unspecified atom stereocenters. The number of rotatable bonds is 6. The van der Waals surface area contributed by atoms with Crippen LogP contribution < -0.4 is 5.32 Å². The molecular weight excluding hydrogens is 394 g/mol. The van der Waals surface area contributed by atoms with Gasteiger partial charge in [-0.15, -0.1) is 0 Å². The molecule has 0 saturated carbocycles. The first kappa shape index (κ1) is 21.7. The summed E-state index contributed by atoms with van der Waals surface area (Å²) in [6, 6.07) is 20.3. The summed E-state index contributed by atoms with van der Waals surface area (Å²) in [6.07, 6.45) is 0. The van der Waals surface area contributed by atoms with Gasteiger partial charge in [0.15, 0.2) is 0 Å². The quantitative estimate of drug-likeness (QED) is 0.452. The van der Waals surface area contributed by atoms with Gasteiger partial charge in [-0.1, -0.05) is 30.3 Å². The van der Waals surface area contributed by atoms with Crippen LogP contribution in [0.25, 0.3) is 0 Å². The van der Waals surface area contributed by atoms with Crippen LogP contribution in [0, 0.1) is 17.0 Å². The predicted octanol–water partition coefficient (Wildman–Crippen LogP) is 4.99. The van der Waals surface area contributed by atoms with Gasteiger partial charge >= 0.3 is 0 Å². The van der Waals surface area contributed by atoms with Crippen molar-refractivity contribution >= 4 is 23.2 Å². The number of anilines is 1. The lowest BCUT2D eigenvalue weighted by Crippen LogP contribution is -2.29. The molecule has 3 aromatic carbocycles. The van der Waals surface area contributed by atoms with E-state index < -0.39 is 4.92 Å². The molecule has 0 aliphatic rings. The van der Waals surface area contributed by atoms with E-state index in [1.165, 1.54) is 18.2 Å². The van der Waals surface area contributed by atoms with E-state index in [2.05, 4.69) is 5.32 Å². The predicted molar refractivity (Wildman–Crippen MR) is 119 cm³/mol. The average molecular weight is 417 g/mol. The smallest absolute Gasteiger partial charge is 0.272 e. The van der Waals surface area contributed by atoms with Crippen molar-refractivity contribution in [2.45, 2.75) is 19.9 Å². The Morgan fingerprint density at radius 1 is 0.968 bits per heavy atom. The molecule has 0 aromatic heterocycles. The number of aryl methyl sites for hydroxylation is 1. The number of nitro groups is 1. The molecule has 0 heterocycles. The Balaban J connectivity index is 1.76. The van der Waals surface area contributed by atoms with Crippen LogP contribution in [0.2, 0.25) is 0 Å². The summed E-state index contributed by atoms with van der Waals surface area (Å²) >= 11 is 0. The third-order valence-electron chi connectivity index (χ3n) is 5.20. The van der Waals surface area contributed by atoms with Gasteiger partial charge in [0.25, 0.3) is 17.5 Å². The van der Waals surface area contributed by atoms with Gasteiger partial charge < -0.3 is 10.2 Å². The summed E-state index contributed by atoms with van der Waals surface area (Å²) in [5, 5.41) is 13.9. The van der Waals surface area contributed by atoms with Crippen molar-refractivity contribution in [3.63, 3.8) is 0 Å². The molecule has 7 heteroatoms. The molecule has 0 bridgehead atoms. The monoisotopic (exact) mass is 417 g/mol. The zero-order valence-electron chi connectivity index (χ0n) is 17.5. The molecule has 31 heavy (non-hydrogen) atoms. The largest absolute Gasteiger partial charge is 0.335 e. The van der Waals surface area contributed by atoms with Crippen LogP contribution in [0.4, 0.5) is 11.4 Å². The van der Waals surface area contributed by atoms with E-state index in [1.807, 2.05) is 31.2 Å². The number of carbonyl (C=O) groups excluding carboxylic acids is 2. The maximum atomic E-state index is 12.9. The standard InChI is InChI=1S/C24H23N3O4/c1-16-14-20(12-13-22(16)27(30)31)24(29)26(3)17(2)19-10-7-11-21(15-19)25-23(28)18-8-5-4-6-9-18/h4-15,17H,1-3H3,(H,25,28).